The van der Waals surface area contributed by atoms with Crippen molar-refractivity contribution in [3.05, 3.63) is 28.2 Å². The van der Waals surface area contributed by atoms with Gasteiger partial charge < -0.3 is 0 Å². The zero-order chi connectivity index (χ0) is 13.2. The van der Waals surface area contributed by atoms with Crippen LogP contribution < -0.4 is 0 Å². The van der Waals surface area contributed by atoms with Gasteiger partial charge in [-0.3, -0.25) is 0 Å². The first-order valence-corrected chi connectivity index (χ1v) is 6.90. The Labute approximate surface area is 111 Å². The lowest BCUT2D eigenvalue weighted by atomic mass is 10.2. The quantitative estimate of drug-likeness (QED) is 0.620. The molecule has 0 N–H and O–H groups in total. The topological polar surface area (TPSA) is 42.3 Å². The van der Waals surface area contributed by atoms with Crippen LogP contribution in [0.25, 0.3) is 0 Å². The molecule has 0 fully saturated rings. The summed E-state index contributed by atoms with van der Waals surface area (Å²) in [5, 5.41) is 0. The van der Waals surface area contributed by atoms with Crippen molar-refractivity contribution in [1.82, 2.24) is 4.98 Å². The molecule has 0 radical (unpaired) electrons. The summed E-state index contributed by atoms with van der Waals surface area (Å²) in [6.07, 6.45) is 1.37. The van der Waals surface area contributed by atoms with Gasteiger partial charge in [0.05, 0.1) is 16.0 Å². The molecule has 0 bridgehead atoms. The van der Waals surface area contributed by atoms with Gasteiger partial charge in [-0.1, -0.05) is 0 Å². The molecule has 1 rings (SSSR count). The van der Waals surface area contributed by atoms with E-state index in [1.165, 1.54) is 6.20 Å². The zero-order valence-electron chi connectivity index (χ0n) is 10.1. The Bertz CT molecular complexity index is 483. The Hall–Kier alpha value is -0.620. The van der Waals surface area contributed by atoms with Crippen molar-refractivity contribution in [1.29, 1.82) is 0 Å². The van der Waals surface area contributed by atoms with Gasteiger partial charge >= 0.3 is 0 Å². The Morgan fingerprint density at radius 1 is 1.53 bits per heavy atom. The second kappa shape index (κ2) is 5.35. The third kappa shape index (κ3) is 3.96. The molecule has 0 spiro atoms. The number of pyridine rings is 1. The highest BCUT2D eigenvalue weighted by Gasteiger charge is 2.20. The zero-order valence-corrected chi connectivity index (χ0v) is 12.5. The number of halogens is 2. The van der Waals surface area contributed by atoms with Crippen molar-refractivity contribution in [3.8, 4) is 0 Å². The van der Waals surface area contributed by atoms with Crippen molar-refractivity contribution in [2.75, 3.05) is 0 Å². The molecule has 0 unspecified atom stereocenters. The van der Waals surface area contributed by atoms with E-state index in [1.807, 2.05) is 20.8 Å². The molecule has 0 saturated heterocycles. The minimum Gasteiger partial charge on any atom is -0.234 e. The second-order valence-electron chi connectivity index (χ2n) is 4.53. The van der Waals surface area contributed by atoms with E-state index >= 15 is 0 Å². The van der Waals surface area contributed by atoms with Gasteiger partial charge in [0.25, 0.3) is 0 Å². The van der Waals surface area contributed by atoms with E-state index in [1.54, 1.807) is 13.0 Å². The maximum atomic E-state index is 13.5. The van der Waals surface area contributed by atoms with Crippen molar-refractivity contribution in [3.63, 3.8) is 0 Å². The second-order valence-corrected chi connectivity index (χ2v) is 7.35. The largest absolute Gasteiger partial charge is 0.234 e. The highest BCUT2D eigenvalue weighted by Crippen LogP contribution is 2.17. The fraction of sp³-hybridized carbons (Fsp3) is 0.455. The van der Waals surface area contributed by atoms with Crippen LogP contribution >= 0.6 is 15.9 Å². The smallest absolute Gasteiger partial charge is 0.222 e. The minimum atomic E-state index is -1.40. The summed E-state index contributed by atoms with van der Waals surface area (Å²) >= 11 is 3.21. The van der Waals surface area contributed by atoms with Gasteiger partial charge in [-0.15, -0.1) is 0 Å². The van der Waals surface area contributed by atoms with E-state index in [0.717, 1.165) is 0 Å². The molecule has 0 aliphatic heterocycles. The lowest BCUT2D eigenvalue weighted by Gasteiger charge is -2.14. The van der Waals surface area contributed by atoms with E-state index in [4.69, 9.17) is 0 Å². The van der Waals surface area contributed by atoms with Gasteiger partial charge in [0, 0.05) is 10.7 Å². The summed E-state index contributed by atoms with van der Waals surface area (Å²) in [5.41, 5.74) is 0.640. The van der Waals surface area contributed by atoms with Gasteiger partial charge in [0.2, 0.25) is 5.95 Å². The van der Waals surface area contributed by atoms with Crippen LogP contribution in [0.5, 0.6) is 0 Å². The fourth-order valence-corrected chi connectivity index (χ4v) is 1.94. The number of hydrogen-bond donors (Lipinski definition) is 0. The van der Waals surface area contributed by atoms with Crippen molar-refractivity contribution in [2.24, 2.45) is 4.40 Å². The Balaban J connectivity index is 3.12. The predicted octanol–water partition coefficient (Wildman–Crippen LogP) is 3.25. The van der Waals surface area contributed by atoms with Crippen LogP contribution in [0.15, 0.2) is 21.1 Å². The number of rotatable bonds is 2. The maximum absolute atomic E-state index is 13.5. The number of aromatic nitrogens is 1. The molecule has 0 amide bonds. The normalized spacial score (nSPS) is 14.8. The van der Waals surface area contributed by atoms with Crippen LogP contribution in [0.3, 0.4) is 0 Å². The van der Waals surface area contributed by atoms with Crippen molar-refractivity contribution < 1.29 is 8.60 Å². The van der Waals surface area contributed by atoms with Crippen molar-refractivity contribution in [2.45, 2.75) is 32.4 Å². The summed E-state index contributed by atoms with van der Waals surface area (Å²) in [5.74, 6) is -0.611. The van der Waals surface area contributed by atoms with E-state index in [-0.39, 0.29) is 5.56 Å². The third-order valence-electron chi connectivity index (χ3n) is 1.94. The van der Waals surface area contributed by atoms with Crippen LogP contribution in [-0.2, 0) is 11.0 Å². The van der Waals surface area contributed by atoms with Crippen molar-refractivity contribution >= 4 is 32.6 Å². The number of nitrogens with zero attached hydrogens (tertiary/aromatic N) is 2. The SMILES string of the molecule is C/C(=N/[S@](=O)C(C)(C)C)c1cc(Br)cnc1F. The van der Waals surface area contributed by atoms with E-state index in [9.17, 15) is 8.60 Å². The van der Waals surface area contributed by atoms with Crippen LogP contribution in [0.2, 0.25) is 0 Å². The lowest BCUT2D eigenvalue weighted by molar-refractivity contribution is 0.580. The lowest BCUT2D eigenvalue weighted by Crippen LogP contribution is -2.21. The molecule has 1 aromatic rings. The maximum Gasteiger partial charge on any atom is 0.222 e. The number of hydrogen-bond acceptors (Lipinski definition) is 2. The van der Waals surface area contributed by atoms with E-state index < -0.39 is 21.7 Å². The average molecular weight is 321 g/mol. The Morgan fingerprint density at radius 3 is 2.65 bits per heavy atom. The monoisotopic (exact) mass is 320 g/mol. The molecule has 0 aromatic carbocycles. The molecule has 3 nitrogen and oxygen atoms in total. The van der Waals surface area contributed by atoms with Crippen LogP contribution in [0.1, 0.15) is 33.3 Å². The minimum absolute atomic E-state index is 0.261. The Kier molecular flexibility index (Phi) is 4.55. The average Bonchev–Trinajstić information content (AvgIpc) is 2.20. The molecule has 0 aliphatic carbocycles. The summed E-state index contributed by atoms with van der Waals surface area (Å²) in [6, 6.07) is 1.57. The molecular formula is C11H14BrFN2OS. The molecule has 1 heterocycles. The molecule has 6 heteroatoms. The molecule has 94 valence electrons. The van der Waals surface area contributed by atoms with Gasteiger partial charge in [-0.2, -0.15) is 8.79 Å². The molecule has 17 heavy (non-hydrogen) atoms. The van der Waals surface area contributed by atoms with Gasteiger partial charge in [0.15, 0.2) is 0 Å². The fourth-order valence-electron chi connectivity index (χ4n) is 0.987. The summed E-state index contributed by atoms with van der Waals surface area (Å²) < 4.78 is 29.5. The standard InChI is InChI=1S/C11H14BrFN2OS/c1-7(15-17(16)11(2,3)4)9-5-8(12)6-14-10(9)13/h5-6H,1-4H3/b15-7-/t17-/m1/s1. The molecule has 1 atom stereocenters. The van der Waals surface area contributed by atoms with E-state index in [0.29, 0.717) is 10.2 Å². The molecule has 0 saturated carbocycles. The summed E-state index contributed by atoms with van der Waals surface area (Å²) in [4.78, 5) is 3.58. The van der Waals surface area contributed by atoms with Gasteiger partial charge in [0.1, 0.15) is 11.0 Å². The first-order chi connectivity index (χ1) is 7.71. The Morgan fingerprint density at radius 2 is 2.12 bits per heavy atom. The molecule has 1 aromatic heterocycles. The van der Waals surface area contributed by atoms with Gasteiger partial charge in [-0.05, 0) is 49.7 Å². The first kappa shape index (κ1) is 14.4. The highest BCUT2D eigenvalue weighted by molar-refractivity contribution is 9.10. The van der Waals surface area contributed by atoms with Crippen LogP contribution in [-0.4, -0.2) is 19.7 Å². The van der Waals surface area contributed by atoms with Crippen LogP contribution in [0.4, 0.5) is 4.39 Å². The van der Waals surface area contributed by atoms with Crippen LogP contribution in [0, 0.1) is 5.95 Å². The first-order valence-electron chi connectivity index (χ1n) is 5.00. The van der Waals surface area contributed by atoms with E-state index in [2.05, 4.69) is 25.3 Å². The summed E-state index contributed by atoms with van der Waals surface area (Å²) in [6.45, 7) is 7.07. The van der Waals surface area contributed by atoms with Gasteiger partial charge in [-0.25, -0.2) is 9.19 Å². The molecular weight excluding hydrogens is 307 g/mol. The highest BCUT2D eigenvalue weighted by atomic mass is 79.9. The third-order valence-corrected chi connectivity index (χ3v) is 3.86. The molecule has 0 aliphatic rings. The predicted molar refractivity (Wildman–Crippen MR) is 72.0 cm³/mol. The summed E-state index contributed by atoms with van der Waals surface area (Å²) in [7, 11) is -1.40.